The van der Waals surface area contributed by atoms with Crippen LogP contribution in [0.15, 0.2) is 36.9 Å². The number of aliphatic carboxylic acids is 1. The van der Waals surface area contributed by atoms with E-state index >= 15 is 0 Å². The van der Waals surface area contributed by atoms with E-state index in [4.69, 9.17) is 9.84 Å². The minimum Gasteiger partial charge on any atom is -0.494 e. The van der Waals surface area contributed by atoms with Gasteiger partial charge in [0.25, 0.3) is 0 Å². The minimum absolute atomic E-state index is 0.496. The number of aryl methyl sites for hydroxylation is 1. The molecule has 17 heavy (non-hydrogen) atoms. The van der Waals surface area contributed by atoms with Crippen molar-refractivity contribution in [3.63, 3.8) is 0 Å². The average Bonchev–Trinajstić information content (AvgIpc) is 2.32. The lowest BCUT2D eigenvalue weighted by molar-refractivity contribution is -0.140. The van der Waals surface area contributed by atoms with Gasteiger partial charge in [0, 0.05) is 0 Å². The zero-order chi connectivity index (χ0) is 12.7. The van der Waals surface area contributed by atoms with Crippen LogP contribution in [0.5, 0.6) is 5.75 Å². The van der Waals surface area contributed by atoms with E-state index in [2.05, 4.69) is 6.58 Å². The maximum atomic E-state index is 10.9. The highest BCUT2D eigenvalue weighted by molar-refractivity contribution is 5.71. The van der Waals surface area contributed by atoms with Gasteiger partial charge in [-0.1, -0.05) is 24.3 Å². The molecule has 1 N–H and O–H groups in total. The molecule has 0 radical (unpaired) electrons. The molecule has 3 heteroatoms. The number of hydrogen-bond donors (Lipinski definition) is 1. The zero-order valence-electron chi connectivity index (χ0n) is 10.1. The lowest BCUT2D eigenvalue weighted by Crippen LogP contribution is -2.11. The van der Waals surface area contributed by atoms with Crippen LogP contribution in [0.2, 0.25) is 0 Å². The van der Waals surface area contributed by atoms with E-state index in [0.717, 1.165) is 11.3 Å². The van der Waals surface area contributed by atoms with Crippen LogP contribution in [0, 0.1) is 5.92 Å². The molecule has 0 aromatic heterocycles. The lowest BCUT2D eigenvalue weighted by Gasteiger charge is -2.11. The SMILES string of the molecule is C=CC(CCc1ccccc1OCC)C(=O)O. The van der Waals surface area contributed by atoms with Crippen molar-refractivity contribution in [1.29, 1.82) is 0 Å². The van der Waals surface area contributed by atoms with Crippen LogP contribution < -0.4 is 4.74 Å². The molecule has 0 aliphatic carbocycles. The van der Waals surface area contributed by atoms with Gasteiger partial charge in [0.1, 0.15) is 5.75 Å². The number of hydrogen-bond acceptors (Lipinski definition) is 2. The van der Waals surface area contributed by atoms with Gasteiger partial charge in [-0.2, -0.15) is 0 Å². The van der Waals surface area contributed by atoms with Gasteiger partial charge in [-0.3, -0.25) is 4.79 Å². The minimum atomic E-state index is -0.825. The quantitative estimate of drug-likeness (QED) is 0.738. The maximum absolute atomic E-state index is 10.9. The number of carboxylic acid groups (broad SMARTS) is 1. The summed E-state index contributed by atoms with van der Waals surface area (Å²) in [7, 11) is 0. The first-order valence-corrected chi connectivity index (χ1v) is 5.75. The first kappa shape index (κ1) is 13.3. The second kappa shape index (κ2) is 6.74. The summed E-state index contributed by atoms with van der Waals surface area (Å²) in [6, 6.07) is 7.72. The van der Waals surface area contributed by atoms with Crippen molar-refractivity contribution in [3.05, 3.63) is 42.5 Å². The molecular weight excluding hydrogens is 216 g/mol. The van der Waals surface area contributed by atoms with Crippen molar-refractivity contribution in [1.82, 2.24) is 0 Å². The van der Waals surface area contributed by atoms with E-state index in [1.54, 1.807) is 0 Å². The van der Waals surface area contributed by atoms with Crippen LogP contribution in [0.3, 0.4) is 0 Å². The van der Waals surface area contributed by atoms with E-state index in [1.165, 1.54) is 6.08 Å². The van der Waals surface area contributed by atoms with Gasteiger partial charge in [0.2, 0.25) is 0 Å². The molecule has 0 fully saturated rings. The molecule has 0 bridgehead atoms. The van der Waals surface area contributed by atoms with Crippen molar-refractivity contribution in [2.75, 3.05) is 6.61 Å². The van der Waals surface area contributed by atoms with Gasteiger partial charge in [0.15, 0.2) is 0 Å². The van der Waals surface area contributed by atoms with Crippen molar-refractivity contribution in [2.24, 2.45) is 5.92 Å². The number of carbonyl (C=O) groups is 1. The Morgan fingerprint density at radius 2 is 2.24 bits per heavy atom. The molecule has 1 unspecified atom stereocenters. The maximum Gasteiger partial charge on any atom is 0.310 e. The third-order valence-electron chi connectivity index (χ3n) is 2.60. The van der Waals surface area contributed by atoms with Crippen LogP contribution in [0.4, 0.5) is 0 Å². The fourth-order valence-electron chi connectivity index (χ4n) is 1.66. The van der Waals surface area contributed by atoms with Crippen LogP contribution in [0.1, 0.15) is 18.9 Å². The molecule has 1 rings (SSSR count). The number of carboxylic acids is 1. The molecule has 0 heterocycles. The van der Waals surface area contributed by atoms with Crippen LogP contribution in [-0.4, -0.2) is 17.7 Å². The standard InChI is InChI=1S/C14H18O3/c1-3-11(14(15)16)9-10-12-7-5-6-8-13(12)17-4-2/h3,5-8,11H,1,4,9-10H2,2H3,(H,15,16). The molecule has 0 spiro atoms. The zero-order valence-corrected chi connectivity index (χ0v) is 10.1. The molecule has 1 aromatic rings. The van der Waals surface area contributed by atoms with Gasteiger partial charge in [-0.15, -0.1) is 6.58 Å². The summed E-state index contributed by atoms with van der Waals surface area (Å²) in [4.78, 5) is 10.9. The second-order valence-corrected chi connectivity index (χ2v) is 3.76. The molecule has 3 nitrogen and oxygen atoms in total. The molecular formula is C14H18O3. The normalized spacial score (nSPS) is 11.8. The van der Waals surface area contributed by atoms with Gasteiger partial charge in [0.05, 0.1) is 12.5 Å². The molecule has 92 valence electrons. The number of benzene rings is 1. The fraction of sp³-hybridized carbons (Fsp3) is 0.357. The van der Waals surface area contributed by atoms with Crippen LogP contribution in [0.25, 0.3) is 0 Å². The van der Waals surface area contributed by atoms with E-state index in [0.29, 0.717) is 19.4 Å². The second-order valence-electron chi connectivity index (χ2n) is 3.76. The fourth-order valence-corrected chi connectivity index (χ4v) is 1.66. The van der Waals surface area contributed by atoms with Crippen LogP contribution >= 0.6 is 0 Å². The predicted molar refractivity (Wildman–Crippen MR) is 67.3 cm³/mol. The Hall–Kier alpha value is -1.77. The third-order valence-corrected chi connectivity index (χ3v) is 2.60. The Balaban J connectivity index is 2.67. The summed E-state index contributed by atoms with van der Waals surface area (Å²) in [6.45, 7) is 6.08. The van der Waals surface area contributed by atoms with E-state index in [1.807, 2.05) is 31.2 Å². The van der Waals surface area contributed by atoms with Gasteiger partial charge >= 0.3 is 5.97 Å². The summed E-state index contributed by atoms with van der Waals surface area (Å²) in [5.41, 5.74) is 1.04. The molecule has 0 amide bonds. The van der Waals surface area contributed by atoms with E-state index in [-0.39, 0.29) is 0 Å². The van der Waals surface area contributed by atoms with Crippen molar-refractivity contribution < 1.29 is 14.6 Å². The van der Waals surface area contributed by atoms with Gasteiger partial charge < -0.3 is 9.84 Å². The molecule has 1 atom stereocenters. The van der Waals surface area contributed by atoms with Crippen LogP contribution in [-0.2, 0) is 11.2 Å². The molecule has 0 aliphatic rings. The summed E-state index contributed by atoms with van der Waals surface area (Å²) in [5.74, 6) is -0.484. The first-order valence-electron chi connectivity index (χ1n) is 5.75. The summed E-state index contributed by atoms with van der Waals surface area (Å²) < 4.78 is 5.49. The largest absolute Gasteiger partial charge is 0.494 e. The molecule has 0 saturated heterocycles. The Bertz CT molecular complexity index is 385. The monoisotopic (exact) mass is 234 g/mol. The lowest BCUT2D eigenvalue weighted by atomic mass is 9.99. The number of rotatable bonds is 7. The van der Waals surface area contributed by atoms with Gasteiger partial charge in [-0.05, 0) is 31.4 Å². The summed E-state index contributed by atoms with van der Waals surface area (Å²) in [6.07, 6.45) is 2.70. The van der Waals surface area contributed by atoms with E-state index < -0.39 is 11.9 Å². The van der Waals surface area contributed by atoms with Crippen molar-refractivity contribution in [2.45, 2.75) is 19.8 Å². The van der Waals surface area contributed by atoms with Gasteiger partial charge in [-0.25, -0.2) is 0 Å². The first-order chi connectivity index (χ1) is 8.19. The summed E-state index contributed by atoms with van der Waals surface area (Å²) >= 11 is 0. The highest BCUT2D eigenvalue weighted by Gasteiger charge is 2.13. The molecule has 0 aliphatic heterocycles. The van der Waals surface area contributed by atoms with Crippen molar-refractivity contribution in [3.8, 4) is 5.75 Å². The Kier molecular flexibility index (Phi) is 5.27. The summed E-state index contributed by atoms with van der Waals surface area (Å²) in [5, 5.41) is 8.92. The molecule has 1 aromatic carbocycles. The highest BCUT2D eigenvalue weighted by Crippen LogP contribution is 2.21. The smallest absolute Gasteiger partial charge is 0.310 e. The number of para-hydroxylation sites is 1. The third kappa shape index (κ3) is 3.94. The Morgan fingerprint density at radius 3 is 2.82 bits per heavy atom. The average molecular weight is 234 g/mol. The molecule has 0 saturated carbocycles. The predicted octanol–water partition coefficient (Wildman–Crippen LogP) is 2.90. The Labute approximate surface area is 102 Å². The highest BCUT2D eigenvalue weighted by atomic mass is 16.5. The number of ether oxygens (including phenoxy) is 1. The van der Waals surface area contributed by atoms with Crippen molar-refractivity contribution >= 4 is 5.97 Å². The Morgan fingerprint density at radius 1 is 1.53 bits per heavy atom. The van der Waals surface area contributed by atoms with E-state index in [9.17, 15) is 4.79 Å². The topological polar surface area (TPSA) is 46.5 Å².